The number of nitrogens with zero attached hydrogens (tertiary/aromatic N) is 3. The summed E-state index contributed by atoms with van der Waals surface area (Å²) in [4.78, 5) is 4.28. The van der Waals surface area contributed by atoms with Gasteiger partial charge in [0.25, 0.3) is 0 Å². The van der Waals surface area contributed by atoms with Gasteiger partial charge in [-0.3, -0.25) is 5.10 Å². The van der Waals surface area contributed by atoms with E-state index in [9.17, 15) is 0 Å². The minimum atomic E-state index is 0.784. The van der Waals surface area contributed by atoms with Crippen LogP contribution in [0.1, 0.15) is 18.3 Å². The summed E-state index contributed by atoms with van der Waals surface area (Å²) >= 11 is 0. The molecule has 2 rings (SSSR count). The molecule has 0 aliphatic carbocycles. The summed E-state index contributed by atoms with van der Waals surface area (Å²) in [5, 5.41) is 9.99. The number of nitrogens with one attached hydrogen (secondary N) is 2. The largest absolute Gasteiger partial charge is 0.334 e. The molecular formula is C10H15N5. The van der Waals surface area contributed by atoms with Gasteiger partial charge in [-0.1, -0.05) is 0 Å². The van der Waals surface area contributed by atoms with Crippen LogP contribution in [-0.4, -0.2) is 19.7 Å². The Bertz CT molecular complexity index is 390. The highest BCUT2D eigenvalue weighted by molar-refractivity contribution is 5.02. The maximum absolute atomic E-state index is 4.28. The average Bonchev–Trinajstić information content (AvgIpc) is 2.88. The number of rotatable bonds is 5. The van der Waals surface area contributed by atoms with Crippen LogP contribution in [0.5, 0.6) is 0 Å². The molecule has 2 heterocycles. The van der Waals surface area contributed by atoms with E-state index < -0.39 is 0 Å². The minimum Gasteiger partial charge on any atom is -0.334 e. The number of aromatic amines is 1. The molecule has 2 aromatic rings. The summed E-state index contributed by atoms with van der Waals surface area (Å²) in [6.07, 6.45) is 7.53. The SMILES string of the molecule is CCn1ccnc1CNCc1cn[nH]c1. The van der Waals surface area contributed by atoms with Gasteiger partial charge in [0, 0.05) is 37.2 Å². The van der Waals surface area contributed by atoms with Gasteiger partial charge in [-0.25, -0.2) is 4.98 Å². The average molecular weight is 205 g/mol. The van der Waals surface area contributed by atoms with Crippen LogP contribution in [0.4, 0.5) is 0 Å². The number of hydrogen-bond donors (Lipinski definition) is 2. The molecule has 0 atom stereocenters. The Kier molecular flexibility index (Phi) is 3.14. The van der Waals surface area contributed by atoms with Gasteiger partial charge in [-0.05, 0) is 6.92 Å². The molecule has 0 fully saturated rings. The normalized spacial score (nSPS) is 10.7. The topological polar surface area (TPSA) is 58.5 Å². The first-order chi connectivity index (χ1) is 7.40. The predicted octanol–water partition coefficient (Wildman–Crippen LogP) is 0.916. The molecule has 2 aromatic heterocycles. The lowest BCUT2D eigenvalue weighted by Crippen LogP contribution is -2.16. The number of aryl methyl sites for hydroxylation is 1. The lowest BCUT2D eigenvalue weighted by Gasteiger charge is -2.05. The molecule has 0 amide bonds. The van der Waals surface area contributed by atoms with Crippen LogP contribution in [0.2, 0.25) is 0 Å². The highest BCUT2D eigenvalue weighted by Gasteiger charge is 2.00. The second kappa shape index (κ2) is 4.75. The molecule has 0 aromatic carbocycles. The predicted molar refractivity (Wildman–Crippen MR) is 57.0 cm³/mol. The molecule has 0 aliphatic heterocycles. The lowest BCUT2D eigenvalue weighted by molar-refractivity contribution is 0.613. The highest BCUT2D eigenvalue weighted by Crippen LogP contribution is 1.98. The molecule has 5 heteroatoms. The van der Waals surface area contributed by atoms with E-state index in [0.717, 1.165) is 31.0 Å². The Morgan fingerprint density at radius 3 is 3.13 bits per heavy atom. The first-order valence-electron chi connectivity index (χ1n) is 5.08. The molecule has 80 valence electrons. The van der Waals surface area contributed by atoms with Crippen molar-refractivity contribution in [2.75, 3.05) is 0 Å². The number of H-pyrrole nitrogens is 1. The monoisotopic (exact) mass is 205 g/mol. The summed E-state index contributed by atoms with van der Waals surface area (Å²) in [5.41, 5.74) is 1.16. The van der Waals surface area contributed by atoms with Crippen molar-refractivity contribution < 1.29 is 0 Å². The van der Waals surface area contributed by atoms with Crippen LogP contribution >= 0.6 is 0 Å². The summed E-state index contributed by atoms with van der Waals surface area (Å²) < 4.78 is 2.13. The molecule has 15 heavy (non-hydrogen) atoms. The van der Waals surface area contributed by atoms with E-state index in [1.807, 2.05) is 24.8 Å². The Hall–Kier alpha value is -1.62. The van der Waals surface area contributed by atoms with Crippen LogP contribution < -0.4 is 5.32 Å². The third-order valence-electron chi connectivity index (χ3n) is 2.31. The number of imidazole rings is 1. The fourth-order valence-corrected chi connectivity index (χ4v) is 1.49. The van der Waals surface area contributed by atoms with E-state index in [0.29, 0.717) is 0 Å². The van der Waals surface area contributed by atoms with Crippen LogP contribution in [0, 0.1) is 0 Å². The van der Waals surface area contributed by atoms with Crippen LogP contribution in [0.25, 0.3) is 0 Å². The van der Waals surface area contributed by atoms with Crippen molar-refractivity contribution in [3.8, 4) is 0 Å². The zero-order valence-corrected chi connectivity index (χ0v) is 8.77. The molecule has 0 saturated carbocycles. The fourth-order valence-electron chi connectivity index (χ4n) is 1.49. The highest BCUT2D eigenvalue weighted by atomic mass is 15.1. The molecule has 0 aliphatic rings. The maximum atomic E-state index is 4.28. The minimum absolute atomic E-state index is 0.784. The van der Waals surface area contributed by atoms with Crippen molar-refractivity contribution in [2.24, 2.45) is 0 Å². The summed E-state index contributed by atoms with van der Waals surface area (Å²) in [7, 11) is 0. The smallest absolute Gasteiger partial charge is 0.122 e. The zero-order valence-electron chi connectivity index (χ0n) is 8.77. The van der Waals surface area contributed by atoms with Gasteiger partial charge in [-0.15, -0.1) is 0 Å². The Labute approximate surface area is 88.5 Å². The first-order valence-corrected chi connectivity index (χ1v) is 5.08. The van der Waals surface area contributed by atoms with Crippen LogP contribution in [0.3, 0.4) is 0 Å². The summed E-state index contributed by atoms with van der Waals surface area (Å²) in [5.74, 6) is 1.07. The lowest BCUT2D eigenvalue weighted by atomic mass is 10.3. The van der Waals surface area contributed by atoms with Gasteiger partial charge < -0.3 is 9.88 Å². The van der Waals surface area contributed by atoms with E-state index in [2.05, 4.69) is 32.0 Å². The van der Waals surface area contributed by atoms with Crippen molar-refractivity contribution in [1.29, 1.82) is 0 Å². The van der Waals surface area contributed by atoms with E-state index in [4.69, 9.17) is 0 Å². The molecular weight excluding hydrogens is 190 g/mol. The van der Waals surface area contributed by atoms with Gasteiger partial charge in [-0.2, -0.15) is 5.10 Å². The second-order valence-electron chi connectivity index (χ2n) is 3.34. The van der Waals surface area contributed by atoms with E-state index in [1.54, 1.807) is 0 Å². The van der Waals surface area contributed by atoms with E-state index in [-0.39, 0.29) is 0 Å². The molecule has 5 nitrogen and oxygen atoms in total. The Morgan fingerprint density at radius 1 is 1.47 bits per heavy atom. The third-order valence-corrected chi connectivity index (χ3v) is 2.31. The summed E-state index contributed by atoms with van der Waals surface area (Å²) in [6.45, 7) is 4.67. The van der Waals surface area contributed by atoms with Gasteiger partial charge >= 0.3 is 0 Å². The standard InChI is InChI=1S/C10H15N5/c1-2-15-4-3-12-10(15)8-11-5-9-6-13-14-7-9/h3-4,6-7,11H,2,5,8H2,1H3,(H,13,14). The molecule has 0 saturated heterocycles. The van der Waals surface area contributed by atoms with Gasteiger partial charge in [0.2, 0.25) is 0 Å². The molecule has 0 spiro atoms. The number of aromatic nitrogens is 4. The third kappa shape index (κ3) is 2.44. The van der Waals surface area contributed by atoms with Crippen molar-refractivity contribution in [1.82, 2.24) is 25.1 Å². The van der Waals surface area contributed by atoms with Gasteiger partial charge in [0.1, 0.15) is 5.82 Å². The van der Waals surface area contributed by atoms with E-state index >= 15 is 0 Å². The molecule has 0 radical (unpaired) electrons. The zero-order chi connectivity index (χ0) is 10.5. The van der Waals surface area contributed by atoms with Crippen molar-refractivity contribution in [3.05, 3.63) is 36.2 Å². The maximum Gasteiger partial charge on any atom is 0.122 e. The number of hydrogen-bond acceptors (Lipinski definition) is 3. The molecule has 0 unspecified atom stereocenters. The first kappa shape index (κ1) is 9.92. The van der Waals surface area contributed by atoms with Crippen LogP contribution in [0.15, 0.2) is 24.8 Å². The van der Waals surface area contributed by atoms with Crippen LogP contribution in [-0.2, 0) is 19.6 Å². The fraction of sp³-hybridized carbons (Fsp3) is 0.400. The quantitative estimate of drug-likeness (QED) is 0.763. The Morgan fingerprint density at radius 2 is 2.40 bits per heavy atom. The summed E-state index contributed by atoms with van der Waals surface area (Å²) in [6, 6.07) is 0. The van der Waals surface area contributed by atoms with Gasteiger partial charge in [0.05, 0.1) is 12.7 Å². The Balaban J connectivity index is 1.83. The van der Waals surface area contributed by atoms with Crippen molar-refractivity contribution >= 4 is 0 Å². The molecule has 0 bridgehead atoms. The second-order valence-corrected chi connectivity index (χ2v) is 3.34. The molecule has 2 N–H and O–H groups in total. The van der Waals surface area contributed by atoms with Crippen molar-refractivity contribution in [3.63, 3.8) is 0 Å². The van der Waals surface area contributed by atoms with Gasteiger partial charge in [0.15, 0.2) is 0 Å². The van der Waals surface area contributed by atoms with E-state index in [1.165, 1.54) is 0 Å². The van der Waals surface area contributed by atoms with Crippen molar-refractivity contribution in [2.45, 2.75) is 26.6 Å².